The fourth-order valence-electron chi connectivity index (χ4n) is 2.24. The molecule has 124 valence electrons. The van der Waals surface area contributed by atoms with Crippen LogP contribution in [-0.4, -0.2) is 39.7 Å². The predicted molar refractivity (Wildman–Crippen MR) is 91.6 cm³/mol. The average Bonchev–Trinajstić information content (AvgIpc) is 3.25. The molecule has 0 spiro atoms. The Labute approximate surface area is 144 Å². The van der Waals surface area contributed by atoms with Gasteiger partial charge in [-0.1, -0.05) is 42.1 Å². The molecule has 1 amide bonds. The van der Waals surface area contributed by atoms with Gasteiger partial charge >= 0.3 is 0 Å². The van der Waals surface area contributed by atoms with Crippen molar-refractivity contribution in [2.45, 2.75) is 17.0 Å². The standard InChI is InChI=1S/C17H18N4O2S/c1-20(2)16(22)15(13-7-4-3-5-8-13)24-17-19-18-12-21(17)11-14-9-6-10-23-14/h3-10,12,15H,11H2,1-2H3. The zero-order valence-electron chi connectivity index (χ0n) is 13.5. The van der Waals surface area contributed by atoms with Gasteiger partial charge in [0.2, 0.25) is 5.91 Å². The highest BCUT2D eigenvalue weighted by Crippen LogP contribution is 2.35. The summed E-state index contributed by atoms with van der Waals surface area (Å²) >= 11 is 1.39. The molecule has 6 nitrogen and oxygen atoms in total. The van der Waals surface area contributed by atoms with E-state index in [2.05, 4.69) is 10.2 Å². The van der Waals surface area contributed by atoms with E-state index < -0.39 is 0 Å². The maximum Gasteiger partial charge on any atom is 0.240 e. The molecule has 2 heterocycles. The van der Waals surface area contributed by atoms with Gasteiger partial charge in [0.1, 0.15) is 17.3 Å². The summed E-state index contributed by atoms with van der Waals surface area (Å²) in [5, 5.41) is 8.45. The molecule has 0 saturated heterocycles. The first-order valence-electron chi connectivity index (χ1n) is 7.48. The van der Waals surface area contributed by atoms with E-state index in [0.29, 0.717) is 11.7 Å². The van der Waals surface area contributed by atoms with Crippen molar-refractivity contribution in [3.8, 4) is 0 Å². The molecule has 0 N–H and O–H groups in total. The van der Waals surface area contributed by atoms with E-state index in [0.717, 1.165) is 11.3 Å². The number of rotatable bonds is 6. The van der Waals surface area contributed by atoms with Crippen molar-refractivity contribution in [3.63, 3.8) is 0 Å². The van der Waals surface area contributed by atoms with Crippen LogP contribution in [0.3, 0.4) is 0 Å². The lowest BCUT2D eigenvalue weighted by molar-refractivity contribution is -0.128. The Morgan fingerprint density at radius 2 is 2.04 bits per heavy atom. The molecule has 0 aliphatic heterocycles. The molecule has 0 aliphatic carbocycles. The van der Waals surface area contributed by atoms with Crippen molar-refractivity contribution in [2.75, 3.05) is 14.1 Å². The number of carbonyl (C=O) groups is 1. The van der Waals surface area contributed by atoms with E-state index in [9.17, 15) is 4.79 Å². The SMILES string of the molecule is CN(C)C(=O)C(Sc1nncn1Cc1ccco1)c1ccccc1. The van der Waals surface area contributed by atoms with Gasteiger partial charge in [-0.3, -0.25) is 4.79 Å². The molecule has 7 heteroatoms. The van der Waals surface area contributed by atoms with Gasteiger partial charge in [0.25, 0.3) is 0 Å². The van der Waals surface area contributed by atoms with Gasteiger partial charge < -0.3 is 13.9 Å². The number of hydrogen-bond donors (Lipinski definition) is 0. The smallest absolute Gasteiger partial charge is 0.240 e. The maximum absolute atomic E-state index is 12.6. The van der Waals surface area contributed by atoms with Crippen LogP contribution in [-0.2, 0) is 11.3 Å². The molecule has 3 rings (SSSR count). The maximum atomic E-state index is 12.6. The molecule has 1 unspecified atom stereocenters. The van der Waals surface area contributed by atoms with E-state index >= 15 is 0 Å². The molecular formula is C17H18N4O2S. The van der Waals surface area contributed by atoms with Crippen molar-refractivity contribution in [1.29, 1.82) is 0 Å². The summed E-state index contributed by atoms with van der Waals surface area (Å²) in [5.41, 5.74) is 0.939. The van der Waals surface area contributed by atoms with Gasteiger partial charge in [-0.25, -0.2) is 0 Å². The lowest BCUT2D eigenvalue weighted by Crippen LogP contribution is -2.27. The van der Waals surface area contributed by atoms with Crippen molar-refractivity contribution in [2.24, 2.45) is 0 Å². The molecule has 1 atom stereocenters. The van der Waals surface area contributed by atoms with Crippen LogP contribution in [0.4, 0.5) is 0 Å². The summed E-state index contributed by atoms with van der Waals surface area (Å²) in [5.74, 6) is 0.825. The van der Waals surface area contributed by atoms with Crippen LogP contribution < -0.4 is 0 Å². The van der Waals surface area contributed by atoms with Gasteiger partial charge in [-0.15, -0.1) is 10.2 Å². The minimum Gasteiger partial charge on any atom is -0.467 e. The number of nitrogens with zero attached hydrogens (tertiary/aromatic N) is 4. The van der Waals surface area contributed by atoms with Crippen LogP contribution in [0, 0.1) is 0 Å². The Morgan fingerprint density at radius 3 is 2.71 bits per heavy atom. The average molecular weight is 342 g/mol. The molecule has 0 fully saturated rings. The second kappa shape index (κ2) is 7.35. The Morgan fingerprint density at radius 1 is 1.25 bits per heavy atom. The van der Waals surface area contributed by atoms with Crippen LogP contribution in [0.5, 0.6) is 0 Å². The van der Waals surface area contributed by atoms with E-state index in [1.54, 1.807) is 31.6 Å². The number of aromatic nitrogens is 3. The number of hydrogen-bond acceptors (Lipinski definition) is 5. The molecule has 0 saturated carbocycles. The molecule has 3 aromatic rings. The first-order valence-corrected chi connectivity index (χ1v) is 8.36. The fourth-order valence-corrected chi connectivity index (χ4v) is 3.40. The van der Waals surface area contributed by atoms with Gasteiger partial charge in [-0.2, -0.15) is 0 Å². The Hall–Kier alpha value is -2.54. The fraction of sp³-hybridized carbons (Fsp3) is 0.235. The zero-order valence-corrected chi connectivity index (χ0v) is 14.3. The van der Waals surface area contributed by atoms with Gasteiger partial charge in [0, 0.05) is 14.1 Å². The predicted octanol–water partition coefficient (Wildman–Crippen LogP) is 2.84. The van der Waals surface area contributed by atoms with Crippen LogP contribution >= 0.6 is 11.8 Å². The van der Waals surface area contributed by atoms with Crippen LogP contribution in [0.25, 0.3) is 0 Å². The van der Waals surface area contributed by atoms with E-state index in [1.807, 2.05) is 47.0 Å². The molecule has 0 bridgehead atoms. The van der Waals surface area contributed by atoms with Crippen molar-refractivity contribution in [3.05, 3.63) is 66.4 Å². The quantitative estimate of drug-likeness (QED) is 0.645. The molecule has 0 radical (unpaired) electrons. The molecule has 1 aromatic carbocycles. The number of benzene rings is 1. The number of thioether (sulfide) groups is 1. The first-order chi connectivity index (χ1) is 11.6. The molecule has 0 aliphatic rings. The second-order valence-corrected chi connectivity index (χ2v) is 6.53. The third kappa shape index (κ3) is 3.68. The Bertz CT molecular complexity index is 784. The third-order valence-electron chi connectivity index (χ3n) is 3.48. The number of likely N-dealkylation sites (N-methyl/N-ethyl adjacent to an activating group) is 1. The Kier molecular flexibility index (Phi) is 5.00. The molecule has 24 heavy (non-hydrogen) atoms. The summed E-state index contributed by atoms with van der Waals surface area (Å²) in [6, 6.07) is 13.4. The van der Waals surface area contributed by atoms with Gasteiger partial charge in [0.05, 0.1) is 12.8 Å². The summed E-state index contributed by atoms with van der Waals surface area (Å²) in [4.78, 5) is 14.2. The van der Waals surface area contributed by atoms with Crippen molar-refractivity contribution < 1.29 is 9.21 Å². The van der Waals surface area contributed by atoms with E-state index in [1.165, 1.54) is 11.8 Å². The highest BCUT2D eigenvalue weighted by molar-refractivity contribution is 8.00. The second-order valence-electron chi connectivity index (χ2n) is 5.46. The monoisotopic (exact) mass is 342 g/mol. The van der Waals surface area contributed by atoms with Crippen molar-refractivity contribution >= 4 is 17.7 Å². The number of amides is 1. The van der Waals surface area contributed by atoms with Crippen LogP contribution in [0.2, 0.25) is 0 Å². The topological polar surface area (TPSA) is 64.2 Å². The molecule has 2 aromatic heterocycles. The van der Waals surface area contributed by atoms with E-state index in [4.69, 9.17) is 4.42 Å². The summed E-state index contributed by atoms with van der Waals surface area (Å²) in [7, 11) is 3.51. The molecular weight excluding hydrogens is 324 g/mol. The largest absolute Gasteiger partial charge is 0.467 e. The summed E-state index contributed by atoms with van der Waals surface area (Å²) in [6.45, 7) is 0.528. The van der Waals surface area contributed by atoms with Crippen LogP contribution in [0.1, 0.15) is 16.6 Å². The number of furan rings is 1. The lowest BCUT2D eigenvalue weighted by Gasteiger charge is -2.20. The summed E-state index contributed by atoms with van der Waals surface area (Å²) in [6.07, 6.45) is 3.28. The minimum absolute atomic E-state index is 0.0127. The van der Waals surface area contributed by atoms with Gasteiger partial charge in [-0.05, 0) is 17.7 Å². The summed E-state index contributed by atoms with van der Waals surface area (Å²) < 4.78 is 7.25. The highest BCUT2D eigenvalue weighted by atomic mass is 32.2. The third-order valence-corrected chi connectivity index (χ3v) is 4.71. The Balaban J connectivity index is 1.86. The number of carbonyl (C=O) groups excluding carboxylic acids is 1. The normalized spacial score (nSPS) is 12.1. The zero-order chi connectivity index (χ0) is 16.9. The highest BCUT2D eigenvalue weighted by Gasteiger charge is 2.25. The van der Waals surface area contributed by atoms with E-state index in [-0.39, 0.29) is 11.2 Å². The lowest BCUT2D eigenvalue weighted by atomic mass is 10.1. The van der Waals surface area contributed by atoms with Crippen LogP contribution in [0.15, 0.2) is 64.6 Å². The first kappa shape index (κ1) is 16.3. The van der Waals surface area contributed by atoms with Gasteiger partial charge in [0.15, 0.2) is 5.16 Å². The minimum atomic E-state index is -0.374. The van der Waals surface area contributed by atoms with Crippen molar-refractivity contribution in [1.82, 2.24) is 19.7 Å².